The van der Waals surface area contributed by atoms with Crippen LogP contribution in [0.25, 0.3) is 0 Å². The van der Waals surface area contributed by atoms with Crippen molar-refractivity contribution in [3.05, 3.63) is 0 Å². The average Bonchev–Trinajstić information content (AvgIpc) is 2.47. The summed E-state index contributed by atoms with van der Waals surface area (Å²) in [7, 11) is -1.85. The molecule has 0 saturated carbocycles. The van der Waals surface area contributed by atoms with Gasteiger partial charge >= 0.3 is 6.09 Å². The number of rotatable bonds is 11. The van der Waals surface area contributed by atoms with Crippen LogP contribution in [0.5, 0.6) is 0 Å². The Balaban J connectivity index is 4.65. The van der Waals surface area contributed by atoms with Gasteiger partial charge in [0.15, 0.2) is 8.32 Å². The summed E-state index contributed by atoms with van der Waals surface area (Å²) in [5.41, 5.74) is 1.10. The molecule has 0 aliphatic carbocycles. The van der Waals surface area contributed by atoms with Crippen molar-refractivity contribution in [2.45, 2.75) is 110 Å². The lowest BCUT2D eigenvalue weighted by Crippen LogP contribution is -2.48. The zero-order chi connectivity index (χ0) is 21.4. The number of carbonyl (C=O) groups is 2. The van der Waals surface area contributed by atoms with Crippen molar-refractivity contribution in [3.63, 3.8) is 0 Å². The van der Waals surface area contributed by atoms with Crippen molar-refractivity contribution in [3.8, 4) is 0 Å². The van der Waals surface area contributed by atoms with Gasteiger partial charge in [-0.25, -0.2) is 4.79 Å². The summed E-state index contributed by atoms with van der Waals surface area (Å²) < 4.78 is 11.8. The molecule has 0 rings (SSSR count). The number of amides is 1. The fourth-order valence-corrected chi connectivity index (χ4v) is 9.57. The Bertz CT molecular complexity index is 436. The van der Waals surface area contributed by atoms with Crippen LogP contribution < -0.4 is 5.32 Å². The first kappa shape index (κ1) is 26.1. The maximum Gasteiger partial charge on any atom is 0.408 e. The minimum atomic E-state index is -1.85. The number of carbonyl (C=O) groups excluding carboxylic acids is 2. The largest absolute Gasteiger partial charge is 0.444 e. The van der Waals surface area contributed by atoms with E-state index in [4.69, 9.17) is 9.16 Å². The van der Waals surface area contributed by atoms with E-state index in [2.05, 4.69) is 53.8 Å². The molecule has 0 unspecified atom stereocenters. The predicted octanol–water partition coefficient (Wildman–Crippen LogP) is 5.69. The molecule has 0 aliphatic heterocycles. The van der Waals surface area contributed by atoms with Crippen molar-refractivity contribution < 1.29 is 18.8 Å². The summed E-state index contributed by atoms with van der Waals surface area (Å²) >= 11 is 0. The average molecular weight is 402 g/mol. The number of ether oxygens (including phenoxy) is 1. The fraction of sp³-hybridized carbons (Fsp3) is 0.905. The summed E-state index contributed by atoms with van der Waals surface area (Å²) in [6, 6.07) is -0.530. The molecular weight excluding hydrogens is 358 g/mol. The number of nitrogens with one attached hydrogen (secondary N) is 1. The number of aldehydes is 1. The van der Waals surface area contributed by atoms with E-state index in [1.54, 1.807) is 20.8 Å². The minimum absolute atomic E-state index is 0.272. The zero-order valence-electron chi connectivity index (χ0n) is 19.2. The van der Waals surface area contributed by atoms with Crippen molar-refractivity contribution in [1.29, 1.82) is 0 Å². The Morgan fingerprint density at radius 3 is 1.85 bits per heavy atom. The molecule has 0 aromatic rings. The molecule has 0 radical (unpaired) electrons. The number of hydrogen-bond donors (Lipinski definition) is 1. The van der Waals surface area contributed by atoms with Gasteiger partial charge in [0.05, 0.1) is 6.04 Å². The van der Waals surface area contributed by atoms with Gasteiger partial charge < -0.3 is 19.3 Å². The second kappa shape index (κ2) is 11.2. The van der Waals surface area contributed by atoms with Gasteiger partial charge in [0.2, 0.25) is 0 Å². The Morgan fingerprint density at radius 1 is 1.00 bits per heavy atom. The van der Waals surface area contributed by atoms with Gasteiger partial charge in [-0.2, -0.15) is 0 Å². The second-order valence-corrected chi connectivity index (χ2v) is 15.1. The molecule has 2 atom stereocenters. The molecular formula is C21H43NO4Si. The van der Waals surface area contributed by atoms with E-state index in [0.717, 1.165) is 12.7 Å². The predicted molar refractivity (Wildman–Crippen MR) is 115 cm³/mol. The SMILES string of the molecule is CC(C)[Si](OCC[C@@H](C)C[C@@H](C=O)NC(=O)OC(C)(C)C)(C(C)C)C(C)C. The van der Waals surface area contributed by atoms with Gasteiger partial charge in [-0.15, -0.1) is 0 Å². The van der Waals surface area contributed by atoms with E-state index in [1.807, 2.05) is 0 Å². The third-order valence-electron chi connectivity index (χ3n) is 5.19. The summed E-state index contributed by atoms with van der Waals surface area (Å²) in [5.74, 6) is 0.272. The molecule has 6 heteroatoms. The first-order valence-electron chi connectivity index (χ1n) is 10.3. The minimum Gasteiger partial charge on any atom is -0.444 e. The Hall–Kier alpha value is -0.883. The van der Waals surface area contributed by atoms with E-state index in [-0.39, 0.29) is 5.92 Å². The van der Waals surface area contributed by atoms with E-state index in [1.165, 1.54) is 0 Å². The maximum absolute atomic E-state index is 11.9. The lowest BCUT2D eigenvalue weighted by atomic mass is 10.00. The fourth-order valence-electron chi connectivity index (χ4n) is 4.10. The Kier molecular flexibility index (Phi) is 10.8. The standard InChI is InChI=1S/C21H43NO4Si/c1-15(2)27(16(3)4,17(5)6)25-12-11-18(7)13-19(14-23)22-20(24)26-21(8,9)10/h14-19H,11-13H2,1-10H3,(H,22,24)/t18-,19+/m1/s1. The van der Waals surface area contributed by atoms with Crippen LogP contribution in [-0.4, -0.2) is 38.9 Å². The highest BCUT2D eigenvalue weighted by molar-refractivity contribution is 6.77. The Labute approximate surface area is 168 Å². The highest BCUT2D eigenvalue weighted by atomic mass is 28.4. The van der Waals surface area contributed by atoms with Gasteiger partial charge in [-0.05, 0) is 56.2 Å². The van der Waals surface area contributed by atoms with Gasteiger partial charge in [0, 0.05) is 6.61 Å². The van der Waals surface area contributed by atoms with Crippen LogP contribution in [0.3, 0.4) is 0 Å². The Morgan fingerprint density at radius 2 is 1.48 bits per heavy atom. The summed E-state index contributed by atoms with van der Waals surface area (Å²) in [6.45, 7) is 21.9. The molecule has 0 aromatic heterocycles. The molecule has 0 fully saturated rings. The van der Waals surface area contributed by atoms with Crippen LogP contribution in [0.2, 0.25) is 16.6 Å². The number of hydrogen-bond acceptors (Lipinski definition) is 4. The van der Waals surface area contributed by atoms with Crippen LogP contribution in [0.15, 0.2) is 0 Å². The van der Waals surface area contributed by atoms with Crippen molar-refractivity contribution in [2.24, 2.45) is 5.92 Å². The summed E-state index contributed by atoms with van der Waals surface area (Å²) in [4.78, 5) is 23.2. The zero-order valence-corrected chi connectivity index (χ0v) is 20.2. The molecule has 0 bridgehead atoms. The molecule has 160 valence electrons. The van der Waals surface area contributed by atoms with E-state index >= 15 is 0 Å². The van der Waals surface area contributed by atoms with Crippen LogP contribution in [0.4, 0.5) is 4.79 Å². The van der Waals surface area contributed by atoms with Crippen molar-refractivity contribution in [2.75, 3.05) is 6.61 Å². The maximum atomic E-state index is 11.9. The third-order valence-corrected chi connectivity index (χ3v) is 11.3. The molecule has 0 aliphatic rings. The quantitative estimate of drug-likeness (QED) is 0.357. The second-order valence-electron chi connectivity index (χ2n) is 9.68. The lowest BCUT2D eigenvalue weighted by Gasteiger charge is -2.42. The lowest BCUT2D eigenvalue weighted by molar-refractivity contribution is -0.110. The van der Waals surface area contributed by atoms with Crippen LogP contribution in [0, 0.1) is 5.92 Å². The first-order valence-corrected chi connectivity index (χ1v) is 12.5. The topological polar surface area (TPSA) is 64.6 Å². The summed E-state index contributed by atoms with van der Waals surface area (Å²) in [5, 5.41) is 2.65. The molecule has 27 heavy (non-hydrogen) atoms. The monoisotopic (exact) mass is 401 g/mol. The molecule has 0 spiro atoms. The van der Waals surface area contributed by atoms with Crippen LogP contribution in [0.1, 0.15) is 82.1 Å². The highest BCUT2D eigenvalue weighted by Gasteiger charge is 2.44. The number of alkyl carbamates (subject to hydrolysis) is 1. The van der Waals surface area contributed by atoms with Crippen LogP contribution >= 0.6 is 0 Å². The smallest absolute Gasteiger partial charge is 0.408 e. The molecule has 0 aromatic carbocycles. The van der Waals surface area contributed by atoms with E-state index in [0.29, 0.717) is 29.7 Å². The summed E-state index contributed by atoms with van der Waals surface area (Å²) in [6.07, 6.45) is 1.71. The highest BCUT2D eigenvalue weighted by Crippen LogP contribution is 2.42. The normalized spacial score (nSPS) is 15.1. The molecule has 1 N–H and O–H groups in total. The molecule has 0 heterocycles. The molecule has 0 saturated heterocycles. The van der Waals surface area contributed by atoms with Gasteiger partial charge in [0.25, 0.3) is 0 Å². The van der Waals surface area contributed by atoms with E-state index in [9.17, 15) is 9.59 Å². The van der Waals surface area contributed by atoms with Gasteiger partial charge in [-0.3, -0.25) is 0 Å². The third kappa shape index (κ3) is 8.77. The first-order chi connectivity index (χ1) is 12.3. The van der Waals surface area contributed by atoms with E-state index < -0.39 is 26.1 Å². The molecule has 5 nitrogen and oxygen atoms in total. The van der Waals surface area contributed by atoms with Gasteiger partial charge in [-0.1, -0.05) is 48.5 Å². The van der Waals surface area contributed by atoms with Crippen LogP contribution in [-0.2, 0) is 14.0 Å². The van der Waals surface area contributed by atoms with Crippen molar-refractivity contribution >= 4 is 20.7 Å². The van der Waals surface area contributed by atoms with Gasteiger partial charge in [0.1, 0.15) is 11.9 Å². The van der Waals surface area contributed by atoms with Crippen molar-refractivity contribution in [1.82, 2.24) is 5.32 Å². The molecule has 1 amide bonds.